The summed E-state index contributed by atoms with van der Waals surface area (Å²) in [6.45, 7) is -0.495. The van der Waals surface area contributed by atoms with Gasteiger partial charge >= 0.3 is 20.2 Å². The molecule has 10 heteroatoms. The quantitative estimate of drug-likeness (QED) is 0.220. The van der Waals surface area contributed by atoms with Crippen LogP contribution in [-0.2, 0) is 4.79 Å². The lowest BCUT2D eigenvalue weighted by atomic mass is 9.77. The Morgan fingerprint density at radius 1 is 0.880 bits per heavy atom. The van der Waals surface area contributed by atoms with Crippen molar-refractivity contribution in [2.75, 3.05) is 6.54 Å². The lowest BCUT2D eigenvalue weighted by Gasteiger charge is -2.11. The number of para-hydroxylation sites is 1. The van der Waals surface area contributed by atoms with Crippen molar-refractivity contribution in [1.82, 2.24) is 5.32 Å². The fourth-order valence-corrected chi connectivity index (χ4v) is 2.12. The monoisotopic (exact) mass is 343 g/mol. The van der Waals surface area contributed by atoms with E-state index in [1.165, 1.54) is 36.4 Å². The molecule has 0 saturated carbocycles. The predicted octanol–water partition coefficient (Wildman–Crippen LogP) is -2.62. The van der Waals surface area contributed by atoms with E-state index in [-0.39, 0.29) is 22.2 Å². The van der Waals surface area contributed by atoms with E-state index >= 15 is 0 Å². The SMILES string of the molecule is O=C(CNC(=O)c1ccccc1B(O)O)Oc1ccccc1B(O)O. The number of benzene rings is 2. The topological polar surface area (TPSA) is 136 Å². The smallest absolute Gasteiger partial charge is 0.426 e. The zero-order valence-electron chi connectivity index (χ0n) is 13.0. The molecule has 0 aliphatic heterocycles. The number of ether oxygens (including phenoxy) is 1. The summed E-state index contributed by atoms with van der Waals surface area (Å²) in [5.41, 5.74) is 0.0227. The van der Waals surface area contributed by atoms with Crippen molar-refractivity contribution in [3.8, 4) is 5.75 Å². The molecule has 0 bridgehead atoms. The number of carbonyl (C=O) groups excluding carboxylic acids is 2. The molecule has 8 nitrogen and oxygen atoms in total. The summed E-state index contributed by atoms with van der Waals surface area (Å²) in [7, 11) is -3.64. The van der Waals surface area contributed by atoms with Crippen molar-refractivity contribution in [3.63, 3.8) is 0 Å². The van der Waals surface area contributed by atoms with Crippen molar-refractivity contribution in [2.24, 2.45) is 0 Å². The van der Waals surface area contributed by atoms with E-state index in [0.29, 0.717) is 0 Å². The van der Waals surface area contributed by atoms with Crippen LogP contribution in [0.1, 0.15) is 10.4 Å². The molecule has 2 aromatic carbocycles. The first-order valence-electron chi connectivity index (χ1n) is 7.29. The number of hydrogen-bond acceptors (Lipinski definition) is 7. The largest absolute Gasteiger partial charge is 0.492 e. The van der Waals surface area contributed by atoms with Crippen LogP contribution in [0.5, 0.6) is 5.75 Å². The Hall–Kier alpha value is -2.65. The van der Waals surface area contributed by atoms with Gasteiger partial charge in [0.2, 0.25) is 0 Å². The van der Waals surface area contributed by atoms with Crippen molar-refractivity contribution in [1.29, 1.82) is 0 Å². The van der Waals surface area contributed by atoms with Gasteiger partial charge in [-0.2, -0.15) is 0 Å². The van der Waals surface area contributed by atoms with Crippen LogP contribution in [0.25, 0.3) is 0 Å². The number of carbonyl (C=O) groups is 2. The third kappa shape index (κ3) is 4.91. The van der Waals surface area contributed by atoms with Crippen molar-refractivity contribution >= 4 is 37.0 Å². The number of esters is 1. The molecule has 0 heterocycles. The fourth-order valence-electron chi connectivity index (χ4n) is 2.12. The molecule has 128 valence electrons. The molecule has 5 N–H and O–H groups in total. The van der Waals surface area contributed by atoms with Gasteiger partial charge in [0.05, 0.1) is 0 Å². The summed E-state index contributed by atoms with van der Waals surface area (Å²) in [5.74, 6) is -1.55. The fraction of sp³-hybridized carbons (Fsp3) is 0.0667. The lowest BCUT2D eigenvalue weighted by Crippen LogP contribution is -2.40. The van der Waals surface area contributed by atoms with Crippen LogP contribution in [0.4, 0.5) is 0 Å². The summed E-state index contributed by atoms with van der Waals surface area (Å²) in [4.78, 5) is 23.9. The van der Waals surface area contributed by atoms with Gasteiger partial charge in [-0.25, -0.2) is 4.79 Å². The maximum Gasteiger partial charge on any atom is 0.492 e. The van der Waals surface area contributed by atoms with Gasteiger partial charge in [-0.3, -0.25) is 4.79 Å². The van der Waals surface area contributed by atoms with E-state index in [1.807, 2.05) is 0 Å². The van der Waals surface area contributed by atoms with Gasteiger partial charge < -0.3 is 30.1 Å². The highest BCUT2D eigenvalue weighted by atomic mass is 16.5. The van der Waals surface area contributed by atoms with Crippen LogP contribution in [0.2, 0.25) is 0 Å². The molecule has 0 fully saturated rings. The van der Waals surface area contributed by atoms with Gasteiger partial charge in [0.1, 0.15) is 12.3 Å². The Morgan fingerprint density at radius 3 is 2.08 bits per heavy atom. The third-order valence-corrected chi connectivity index (χ3v) is 3.30. The van der Waals surface area contributed by atoms with Gasteiger partial charge in [-0.15, -0.1) is 0 Å². The highest BCUT2D eigenvalue weighted by molar-refractivity contribution is 6.60. The zero-order chi connectivity index (χ0) is 18.4. The van der Waals surface area contributed by atoms with Gasteiger partial charge in [0, 0.05) is 11.0 Å². The molecule has 0 unspecified atom stereocenters. The number of hydrogen-bond donors (Lipinski definition) is 5. The van der Waals surface area contributed by atoms with E-state index < -0.39 is 32.7 Å². The van der Waals surface area contributed by atoms with Crippen molar-refractivity contribution in [3.05, 3.63) is 54.1 Å². The highest BCUT2D eigenvalue weighted by Gasteiger charge is 2.21. The summed E-state index contributed by atoms with van der Waals surface area (Å²) in [6, 6.07) is 11.7. The van der Waals surface area contributed by atoms with E-state index in [4.69, 9.17) is 4.74 Å². The molecular weight excluding hydrogens is 328 g/mol. The second kappa shape index (κ2) is 8.45. The first kappa shape index (κ1) is 18.7. The Bertz CT molecular complexity index is 767. The second-order valence-electron chi connectivity index (χ2n) is 5.03. The minimum atomic E-state index is -1.83. The van der Waals surface area contributed by atoms with Crippen LogP contribution in [0.3, 0.4) is 0 Å². The van der Waals surface area contributed by atoms with Gasteiger partial charge in [-0.05, 0) is 17.6 Å². The van der Waals surface area contributed by atoms with E-state index in [0.717, 1.165) is 0 Å². The minimum Gasteiger partial charge on any atom is -0.426 e. The van der Waals surface area contributed by atoms with Gasteiger partial charge in [0.25, 0.3) is 5.91 Å². The summed E-state index contributed by atoms with van der Waals surface area (Å²) in [5, 5.41) is 39.2. The molecule has 0 spiro atoms. The summed E-state index contributed by atoms with van der Waals surface area (Å²) in [6.07, 6.45) is 0. The average molecular weight is 343 g/mol. The molecule has 0 aromatic heterocycles. The molecule has 25 heavy (non-hydrogen) atoms. The van der Waals surface area contributed by atoms with Gasteiger partial charge in [-0.1, -0.05) is 36.4 Å². The molecule has 2 aromatic rings. The van der Waals surface area contributed by atoms with Crippen LogP contribution < -0.4 is 21.0 Å². The molecule has 0 aliphatic rings. The Kier molecular flexibility index (Phi) is 6.31. The summed E-state index contributed by atoms with van der Waals surface area (Å²) < 4.78 is 5.00. The summed E-state index contributed by atoms with van der Waals surface area (Å²) >= 11 is 0. The maximum atomic E-state index is 12.1. The van der Waals surface area contributed by atoms with E-state index in [9.17, 15) is 29.7 Å². The maximum absolute atomic E-state index is 12.1. The standard InChI is InChI=1S/C15H15B2NO7/c19-14(25-13-8-4-3-7-12(13)17(23)24)9-18-15(20)10-5-1-2-6-11(10)16(21)22/h1-8,21-24H,9H2,(H,18,20). The number of nitrogens with one attached hydrogen (secondary N) is 1. The highest BCUT2D eigenvalue weighted by Crippen LogP contribution is 2.07. The Morgan fingerprint density at radius 2 is 1.44 bits per heavy atom. The normalized spacial score (nSPS) is 10.1. The molecule has 0 saturated heterocycles. The number of rotatable bonds is 6. The van der Waals surface area contributed by atoms with Crippen LogP contribution >= 0.6 is 0 Å². The molecule has 2 rings (SSSR count). The molecule has 0 aliphatic carbocycles. The molecule has 0 radical (unpaired) electrons. The average Bonchev–Trinajstić information content (AvgIpc) is 2.60. The molecule has 0 atom stereocenters. The van der Waals surface area contributed by atoms with E-state index in [2.05, 4.69) is 5.32 Å². The first-order chi connectivity index (χ1) is 11.9. The Labute approximate surface area is 144 Å². The van der Waals surface area contributed by atoms with Crippen molar-refractivity contribution in [2.45, 2.75) is 0 Å². The van der Waals surface area contributed by atoms with Crippen LogP contribution in [0, 0.1) is 0 Å². The van der Waals surface area contributed by atoms with Gasteiger partial charge in [0.15, 0.2) is 0 Å². The lowest BCUT2D eigenvalue weighted by molar-refractivity contribution is -0.133. The zero-order valence-corrected chi connectivity index (χ0v) is 13.0. The van der Waals surface area contributed by atoms with Crippen LogP contribution in [-0.4, -0.2) is 52.8 Å². The minimum absolute atomic E-state index is 0.00196. The van der Waals surface area contributed by atoms with Crippen LogP contribution in [0.15, 0.2) is 48.5 Å². The molecular formula is C15H15B2NO7. The third-order valence-electron chi connectivity index (χ3n) is 3.30. The Balaban J connectivity index is 2.00. The number of amides is 1. The predicted molar refractivity (Wildman–Crippen MR) is 90.5 cm³/mol. The molecule has 1 amide bonds. The van der Waals surface area contributed by atoms with Crippen molar-refractivity contribution < 1.29 is 34.4 Å². The first-order valence-corrected chi connectivity index (χ1v) is 7.29. The van der Waals surface area contributed by atoms with E-state index in [1.54, 1.807) is 12.1 Å². The second-order valence-corrected chi connectivity index (χ2v) is 5.03.